The van der Waals surface area contributed by atoms with Gasteiger partial charge in [0.15, 0.2) is 10.5 Å². The molecule has 14 nitrogen and oxygen atoms in total. The van der Waals surface area contributed by atoms with Crippen molar-refractivity contribution in [3.8, 4) is 0 Å². The van der Waals surface area contributed by atoms with Gasteiger partial charge >= 0.3 is 53.4 Å². The predicted octanol–water partition coefficient (Wildman–Crippen LogP) is 0.538. The van der Waals surface area contributed by atoms with Gasteiger partial charge in [-0.05, 0) is 25.7 Å². The summed E-state index contributed by atoms with van der Waals surface area (Å²) in [5.74, 6) is -6.38. The van der Waals surface area contributed by atoms with E-state index in [0.717, 1.165) is 38.5 Å². The van der Waals surface area contributed by atoms with Gasteiger partial charge in [0, 0.05) is 0 Å². The van der Waals surface area contributed by atoms with Crippen LogP contribution in [0.2, 0.25) is 0 Å². The third-order valence-electron chi connectivity index (χ3n) is 5.61. The number of hydrogen-bond acceptors (Lipinski definition) is 10. The molecule has 37 heavy (non-hydrogen) atoms. The van der Waals surface area contributed by atoms with E-state index in [4.69, 9.17) is 28.8 Å². The fourth-order valence-corrected chi connectivity index (χ4v) is 6.38. The van der Waals surface area contributed by atoms with E-state index in [9.17, 15) is 36.0 Å². The molecule has 2 fully saturated rings. The van der Waals surface area contributed by atoms with E-state index in [0.29, 0.717) is 25.7 Å². The minimum atomic E-state index is -4.40. The maximum atomic E-state index is 11.7. The molecular formula is C20H33NaO14S2. The fourth-order valence-electron chi connectivity index (χ4n) is 3.78. The van der Waals surface area contributed by atoms with Crippen LogP contribution in [0, 0.1) is 0 Å². The molecule has 0 aromatic heterocycles. The van der Waals surface area contributed by atoms with E-state index in [2.05, 4.69) is 0 Å². The molecule has 0 aromatic rings. The van der Waals surface area contributed by atoms with Crippen LogP contribution in [-0.4, -0.2) is 113 Å². The van der Waals surface area contributed by atoms with Crippen molar-refractivity contribution in [1.29, 1.82) is 0 Å². The summed E-state index contributed by atoms with van der Waals surface area (Å²) in [6.07, 6.45) is 4.48. The summed E-state index contributed by atoms with van der Waals surface area (Å²) in [4.78, 5) is 42.5. The average Bonchev–Trinajstić information content (AvgIpc) is 2.76. The third kappa shape index (κ3) is 13.4. The Labute approximate surface area is 237 Å². The van der Waals surface area contributed by atoms with Gasteiger partial charge in [-0.3, -0.25) is 27.5 Å². The van der Waals surface area contributed by atoms with Gasteiger partial charge in [-0.25, -0.2) is 0 Å². The number of carbonyl (C=O) groups is 4. The molecule has 0 amide bonds. The molecule has 2 atom stereocenters. The predicted molar refractivity (Wildman–Crippen MR) is 128 cm³/mol. The van der Waals surface area contributed by atoms with E-state index in [1.807, 2.05) is 0 Å². The van der Waals surface area contributed by atoms with Crippen LogP contribution >= 0.6 is 0 Å². The molecule has 0 aliphatic heterocycles. The van der Waals surface area contributed by atoms with Crippen molar-refractivity contribution in [1.82, 2.24) is 0 Å². The summed E-state index contributed by atoms with van der Waals surface area (Å²) >= 11 is 0. The molecular weight excluding hydrogens is 551 g/mol. The summed E-state index contributed by atoms with van der Waals surface area (Å²) in [6, 6.07) is 0. The summed E-state index contributed by atoms with van der Waals surface area (Å²) in [6.45, 7) is 0. The van der Waals surface area contributed by atoms with E-state index < -0.39 is 79.7 Å². The van der Waals surface area contributed by atoms with Gasteiger partial charge in [0.25, 0.3) is 20.2 Å². The number of hydrogen-bond donors (Lipinski definition) is 4. The number of rotatable bonds is 12. The Bertz CT molecular complexity index is 903. The summed E-state index contributed by atoms with van der Waals surface area (Å²) in [5.41, 5.74) is 0. The maximum absolute atomic E-state index is 11.7. The van der Waals surface area contributed by atoms with Crippen LogP contribution in [0.3, 0.4) is 0 Å². The van der Waals surface area contributed by atoms with Crippen molar-refractivity contribution in [3.05, 3.63) is 0 Å². The summed E-state index contributed by atoms with van der Waals surface area (Å²) < 4.78 is 56.5. The first-order valence-electron chi connectivity index (χ1n) is 11.4. The zero-order chi connectivity index (χ0) is 27.5. The Morgan fingerprint density at radius 3 is 1.08 bits per heavy atom. The topological polar surface area (TPSA) is 236 Å². The molecule has 2 aliphatic rings. The molecule has 4 N–H and O–H groups in total. The first-order chi connectivity index (χ1) is 16.7. The second-order valence-corrected chi connectivity index (χ2v) is 12.0. The van der Waals surface area contributed by atoms with Crippen molar-refractivity contribution >= 4 is 73.7 Å². The van der Waals surface area contributed by atoms with Crippen LogP contribution in [0.5, 0.6) is 0 Å². The van der Waals surface area contributed by atoms with E-state index in [1.54, 1.807) is 0 Å². The Hall–Kier alpha value is -1.30. The molecule has 0 spiro atoms. The summed E-state index contributed by atoms with van der Waals surface area (Å²) in [7, 11) is -8.79. The molecule has 210 valence electrons. The van der Waals surface area contributed by atoms with Gasteiger partial charge < -0.3 is 20.4 Å². The Morgan fingerprint density at radius 1 is 0.595 bits per heavy atom. The summed E-state index contributed by atoms with van der Waals surface area (Å²) in [5, 5.41) is 30.5. The molecule has 0 bridgehead atoms. The van der Waals surface area contributed by atoms with Crippen molar-refractivity contribution in [3.63, 3.8) is 0 Å². The Morgan fingerprint density at radius 2 is 0.865 bits per heavy atom. The van der Waals surface area contributed by atoms with E-state index in [1.165, 1.54) is 0 Å². The molecule has 0 radical (unpaired) electrons. The zero-order valence-corrected chi connectivity index (χ0v) is 21.1. The van der Waals surface area contributed by atoms with Gasteiger partial charge in [-0.15, -0.1) is 0 Å². The number of carboxylic acids is 4. The van der Waals surface area contributed by atoms with Crippen LogP contribution < -0.4 is 0 Å². The van der Waals surface area contributed by atoms with Gasteiger partial charge in [0.1, 0.15) is 0 Å². The molecule has 17 heteroatoms. The van der Waals surface area contributed by atoms with Gasteiger partial charge in [0.2, 0.25) is 0 Å². The van der Waals surface area contributed by atoms with Crippen molar-refractivity contribution < 1.29 is 64.8 Å². The van der Waals surface area contributed by atoms with Crippen molar-refractivity contribution in [2.24, 2.45) is 0 Å². The standard InChI is InChI=1S/2C10H16O7S.Na.H/c2*11-9(12)6-8(10(13)14)18(15,16)17-7-4-2-1-3-5-7;;/h2*7-8H,1-6H2,(H,11,12)(H,13,14);;. The van der Waals surface area contributed by atoms with Crippen LogP contribution in [0.1, 0.15) is 77.0 Å². The normalized spacial score (nSPS) is 18.8. The Kier molecular flexibility index (Phi) is 16.0. The molecule has 2 unspecified atom stereocenters. The second kappa shape index (κ2) is 16.6. The van der Waals surface area contributed by atoms with Crippen molar-refractivity contribution in [2.75, 3.05) is 0 Å². The SMILES string of the molecule is O=C(O)CC(C(=O)O)S(=O)(=O)OC1CCCCC1.O=C(O)CC(C(=O)O)S(=O)(=O)OC1CCCCC1.[NaH]. The quantitative estimate of drug-likeness (QED) is 0.181. The van der Waals surface area contributed by atoms with Gasteiger partial charge in [-0.2, -0.15) is 16.8 Å². The van der Waals surface area contributed by atoms with Gasteiger partial charge in [0.05, 0.1) is 25.0 Å². The average molecular weight is 585 g/mol. The van der Waals surface area contributed by atoms with Crippen LogP contribution in [0.4, 0.5) is 0 Å². The van der Waals surface area contributed by atoms with Gasteiger partial charge in [-0.1, -0.05) is 38.5 Å². The number of carboxylic acid groups (broad SMARTS) is 4. The first kappa shape index (κ1) is 35.7. The molecule has 2 aliphatic carbocycles. The van der Waals surface area contributed by atoms with Crippen LogP contribution in [0.25, 0.3) is 0 Å². The van der Waals surface area contributed by atoms with E-state index in [-0.39, 0.29) is 29.6 Å². The zero-order valence-electron chi connectivity index (χ0n) is 19.5. The van der Waals surface area contributed by atoms with Crippen LogP contribution in [0.15, 0.2) is 0 Å². The van der Waals surface area contributed by atoms with E-state index >= 15 is 0 Å². The fraction of sp³-hybridized carbons (Fsp3) is 0.800. The molecule has 0 saturated heterocycles. The molecule has 0 heterocycles. The third-order valence-corrected chi connectivity index (χ3v) is 8.82. The van der Waals surface area contributed by atoms with Crippen LogP contribution in [-0.2, 0) is 47.8 Å². The molecule has 2 saturated carbocycles. The second-order valence-electron chi connectivity index (χ2n) is 8.55. The Balaban J connectivity index is 0.000000682. The molecule has 2 rings (SSSR count). The first-order valence-corrected chi connectivity index (χ1v) is 14.3. The number of aliphatic carboxylic acids is 4. The minimum absolute atomic E-state index is 0. The molecule has 0 aromatic carbocycles. The van der Waals surface area contributed by atoms with Crippen molar-refractivity contribution in [2.45, 2.75) is 99.8 Å². The monoisotopic (exact) mass is 584 g/mol.